The van der Waals surface area contributed by atoms with Crippen LogP contribution in [0.4, 0.5) is 5.69 Å². The molecule has 36 heavy (non-hydrogen) atoms. The fourth-order valence-corrected chi connectivity index (χ4v) is 5.54. The number of anilines is 1. The fourth-order valence-electron chi connectivity index (χ4n) is 5.13. The molecular weight excluding hydrogens is 551 g/mol. The van der Waals surface area contributed by atoms with Crippen LogP contribution in [0.25, 0.3) is 0 Å². The van der Waals surface area contributed by atoms with Crippen LogP contribution in [0.5, 0.6) is 5.75 Å². The number of hydrogen-bond donors (Lipinski definition) is 0. The second kappa shape index (κ2) is 13.0. The number of hydrogen-bond acceptors (Lipinski definition) is 2. The maximum absolute atomic E-state index is 5.59. The molecule has 0 amide bonds. The molecule has 3 aromatic carbocycles. The van der Waals surface area contributed by atoms with E-state index in [4.69, 9.17) is 4.74 Å². The SMILES string of the molecule is CC(C)Oc1ccccc1[CH]=[Ru+].CCc1cccc(C)c1N1[CH-]C(C)(c2ccccc2)CC1(C)C.[Cl-]. The Morgan fingerprint density at radius 1 is 0.972 bits per heavy atom. The Balaban J connectivity index is 0.000000299. The largest absolute Gasteiger partial charge is 1.00 e. The molecule has 1 aliphatic heterocycles. The van der Waals surface area contributed by atoms with Crippen LogP contribution in [-0.4, -0.2) is 16.3 Å². The molecule has 4 rings (SSSR count). The molecule has 0 radical (unpaired) electrons. The van der Waals surface area contributed by atoms with E-state index in [1.165, 1.54) is 22.4 Å². The first-order valence-electron chi connectivity index (χ1n) is 12.6. The summed E-state index contributed by atoms with van der Waals surface area (Å²) in [5, 5.41) is 0. The van der Waals surface area contributed by atoms with Gasteiger partial charge in [0, 0.05) is 11.2 Å². The molecule has 0 saturated carbocycles. The Morgan fingerprint density at radius 3 is 2.22 bits per heavy atom. The molecule has 0 bridgehead atoms. The Labute approximate surface area is 235 Å². The maximum Gasteiger partial charge on any atom is 0.0137 e. The van der Waals surface area contributed by atoms with Gasteiger partial charge in [0.1, 0.15) is 0 Å². The molecule has 1 fully saturated rings. The molecule has 4 heteroatoms. The van der Waals surface area contributed by atoms with E-state index in [9.17, 15) is 0 Å². The number of benzene rings is 3. The van der Waals surface area contributed by atoms with Gasteiger partial charge < -0.3 is 17.3 Å². The predicted octanol–water partition coefficient (Wildman–Crippen LogP) is 4.84. The van der Waals surface area contributed by atoms with Gasteiger partial charge in [-0.2, -0.15) is 0 Å². The van der Waals surface area contributed by atoms with Crippen molar-refractivity contribution in [2.75, 3.05) is 4.90 Å². The summed E-state index contributed by atoms with van der Waals surface area (Å²) in [6, 6.07) is 25.6. The van der Waals surface area contributed by atoms with Crippen LogP contribution in [-0.2, 0) is 29.7 Å². The van der Waals surface area contributed by atoms with Crippen molar-refractivity contribution >= 4 is 10.3 Å². The number of rotatable bonds is 6. The number of ether oxygens (including phenoxy) is 1. The van der Waals surface area contributed by atoms with E-state index >= 15 is 0 Å². The summed E-state index contributed by atoms with van der Waals surface area (Å²) in [5.74, 6) is 0.950. The first kappa shape index (κ1) is 30.3. The van der Waals surface area contributed by atoms with Crippen molar-refractivity contribution in [3.63, 3.8) is 0 Å². The number of aryl methyl sites for hydroxylation is 2. The Kier molecular flexibility index (Phi) is 10.9. The second-order valence-electron chi connectivity index (χ2n) is 10.5. The van der Waals surface area contributed by atoms with Crippen LogP contribution in [0.3, 0.4) is 0 Å². The summed E-state index contributed by atoms with van der Waals surface area (Å²) in [5.41, 5.74) is 6.93. The van der Waals surface area contributed by atoms with Crippen molar-refractivity contribution < 1.29 is 35.0 Å². The van der Waals surface area contributed by atoms with Crippen molar-refractivity contribution in [1.29, 1.82) is 0 Å². The van der Waals surface area contributed by atoms with E-state index in [1.807, 2.05) is 42.7 Å². The summed E-state index contributed by atoms with van der Waals surface area (Å²) in [4.78, 5) is 2.54. The minimum Gasteiger partial charge on any atom is -1.00 e. The zero-order chi connectivity index (χ0) is 25.6. The van der Waals surface area contributed by atoms with Crippen LogP contribution >= 0.6 is 0 Å². The monoisotopic (exact) mass is 591 g/mol. The van der Waals surface area contributed by atoms with Gasteiger partial charge in [0.25, 0.3) is 0 Å². The minimum absolute atomic E-state index is 0. The van der Waals surface area contributed by atoms with Crippen molar-refractivity contribution in [2.24, 2.45) is 0 Å². The van der Waals surface area contributed by atoms with Gasteiger partial charge >= 0.3 is 82.7 Å². The fraction of sp³-hybridized carbons (Fsp3) is 0.375. The molecule has 1 heterocycles. The summed E-state index contributed by atoms with van der Waals surface area (Å²) in [6.07, 6.45) is 2.43. The maximum atomic E-state index is 5.59. The van der Waals surface area contributed by atoms with Gasteiger partial charge in [0.05, 0.1) is 0 Å². The molecular formula is C32H40ClNORu-. The van der Waals surface area contributed by atoms with Crippen LogP contribution < -0.4 is 22.0 Å². The average molecular weight is 591 g/mol. The molecule has 0 aliphatic carbocycles. The van der Waals surface area contributed by atoms with Crippen molar-refractivity contribution in [2.45, 2.75) is 78.4 Å². The zero-order valence-corrected chi connectivity index (χ0v) is 25.2. The molecule has 2 nitrogen and oxygen atoms in total. The molecule has 1 atom stereocenters. The van der Waals surface area contributed by atoms with Gasteiger partial charge in [-0.25, -0.2) is 6.54 Å². The van der Waals surface area contributed by atoms with Gasteiger partial charge in [-0.05, 0) is 44.7 Å². The number of nitrogens with zero attached hydrogens (tertiary/aromatic N) is 1. The van der Waals surface area contributed by atoms with Crippen molar-refractivity contribution in [3.8, 4) is 5.75 Å². The molecule has 0 N–H and O–H groups in total. The van der Waals surface area contributed by atoms with E-state index in [2.05, 4.69) is 112 Å². The van der Waals surface area contributed by atoms with Gasteiger partial charge in [0.2, 0.25) is 0 Å². The van der Waals surface area contributed by atoms with E-state index in [0.29, 0.717) is 0 Å². The minimum atomic E-state index is 0. The van der Waals surface area contributed by atoms with Crippen molar-refractivity contribution in [3.05, 3.63) is 102 Å². The standard InChI is InChI=1S/C22H28N.C10H12O.ClH.Ru/c1-6-18-12-10-11-17(2)20(18)23-16-22(5,15-21(23,3)4)19-13-8-7-9-14-19;1-8(2)11-10-7-5-4-6-9(10)3;;/h7-14,16H,6,15H2,1-5H3;3-8H,1-2H3;1H;/q-1;;;+1/p-1. The first-order chi connectivity index (χ1) is 16.6. The van der Waals surface area contributed by atoms with Crippen molar-refractivity contribution in [1.82, 2.24) is 0 Å². The molecule has 1 aliphatic rings. The number of para-hydroxylation sites is 2. The normalized spacial score (nSPS) is 18.2. The molecule has 3 aromatic rings. The summed E-state index contributed by atoms with van der Waals surface area (Å²) in [6.45, 7) is 18.1. The van der Waals surface area contributed by atoms with E-state index < -0.39 is 0 Å². The Bertz CT molecular complexity index is 1130. The average Bonchev–Trinajstić information content (AvgIpc) is 3.09. The van der Waals surface area contributed by atoms with Crippen LogP contribution in [0.2, 0.25) is 0 Å². The number of halogens is 1. The molecule has 1 saturated heterocycles. The van der Waals surface area contributed by atoms with E-state index in [0.717, 1.165) is 24.2 Å². The third-order valence-corrected chi connectivity index (χ3v) is 7.17. The molecule has 195 valence electrons. The van der Waals surface area contributed by atoms with Crippen LogP contribution in [0.1, 0.15) is 70.2 Å². The van der Waals surface area contributed by atoms with Gasteiger partial charge in [-0.1, -0.05) is 67.9 Å². The Morgan fingerprint density at radius 2 is 1.61 bits per heavy atom. The smallest absolute Gasteiger partial charge is 0.0137 e. The summed E-state index contributed by atoms with van der Waals surface area (Å²) < 4.78 is 7.58. The van der Waals surface area contributed by atoms with Gasteiger partial charge in [0.15, 0.2) is 0 Å². The predicted molar refractivity (Wildman–Crippen MR) is 147 cm³/mol. The van der Waals surface area contributed by atoms with Crippen LogP contribution in [0, 0.1) is 13.5 Å². The van der Waals surface area contributed by atoms with Gasteiger partial charge in [-0.15, -0.1) is 5.41 Å². The summed E-state index contributed by atoms with van der Waals surface area (Å²) >= 11 is 2.49. The third-order valence-electron chi connectivity index (χ3n) is 6.63. The first-order valence-corrected chi connectivity index (χ1v) is 13.6. The topological polar surface area (TPSA) is 12.5 Å². The van der Waals surface area contributed by atoms with E-state index in [1.54, 1.807) is 0 Å². The second-order valence-corrected chi connectivity index (χ2v) is 11.0. The summed E-state index contributed by atoms with van der Waals surface area (Å²) in [7, 11) is 0. The molecule has 1 unspecified atom stereocenters. The van der Waals surface area contributed by atoms with E-state index in [-0.39, 0.29) is 29.5 Å². The Hall–Kier alpha value is -1.96. The zero-order valence-electron chi connectivity index (χ0n) is 22.7. The third kappa shape index (κ3) is 7.08. The van der Waals surface area contributed by atoms with Crippen LogP contribution in [0.15, 0.2) is 72.8 Å². The quantitative estimate of drug-likeness (QED) is 0.301. The molecule has 0 spiro atoms. The molecule has 0 aromatic heterocycles. The van der Waals surface area contributed by atoms with Gasteiger partial charge in [-0.3, -0.25) is 0 Å².